The highest BCUT2D eigenvalue weighted by molar-refractivity contribution is 5.47. The molecule has 29 heavy (non-hydrogen) atoms. The van der Waals surface area contributed by atoms with Crippen LogP contribution in [0.1, 0.15) is 25.8 Å². The number of hydrogen-bond acceptors (Lipinski definition) is 4. The van der Waals surface area contributed by atoms with E-state index in [-0.39, 0.29) is 6.10 Å². The van der Waals surface area contributed by atoms with E-state index in [1.807, 2.05) is 66.7 Å². The van der Waals surface area contributed by atoms with Crippen molar-refractivity contribution in [1.29, 1.82) is 0 Å². The predicted molar refractivity (Wildman–Crippen MR) is 118 cm³/mol. The van der Waals surface area contributed by atoms with Gasteiger partial charge in [0, 0.05) is 12.2 Å². The monoisotopic (exact) mass is 391 g/mol. The van der Waals surface area contributed by atoms with Gasteiger partial charge in [-0.2, -0.15) is 0 Å². The fourth-order valence-corrected chi connectivity index (χ4v) is 2.71. The fraction of sp³-hybridized carbons (Fsp3) is 0.280. The van der Waals surface area contributed by atoms with Crippen molar-refractivity contribution in [3.8, 4) is 17.2 Å². The number of nitrogens with one attached hydrogen (secondary N) is 1. The normalized spacial score (nSPS) is 11.5. The zero-order chi connectivity index (χ0) is 20.3. The maximum atomic E-state index is 5.82. The molecule has 1 atom stereocenters. The lowest BCUT2D eigenvalue weighted by Gasteiger charge is -2.13. The molecule has 0 spiro atoms. The predicted octanol–water partition coefficient (Wildman–Crippen LogP) is 5.93. The van der Waals surface area contributed by atoms with Gasteiger partial charge in [-0.3, -0.25) is 0 Å². The molecule has 1 N–H and O–H groups in total. The van der Waals surface area contributed by atoms with Crippen LogP contribution in [0, 0.1) is 0 Å². The Hall–Kier alpha value is -3.14. The largest absolute Gasteiger partial charge is 0.491 e. The van der Waals surface area contributed by atoms with E-state index in [1.54, 1.807) is 0 Å². The van der Waals surface area contributed by atoms with Crippen LogP contribution in [-0.2, 0) is 6.54 Å². The van der Waals surface area contributed by atoms with E-state index >= 15 is 0 Å². The van der Waals surface area contributed by atoms with Gasteiger partial charge in [-0.05, 0) is 67.4 Å². The minimum atomic E-state index is 0.240. The molecule has 0 aliphatic heterocycles. The Morgan fingerprint density at radius 1 is 0.724 bits per heavy atom. The zero-order valence-corrected chi connectivity index (χ0v) is 17.1. The fourth-order valence-electron chi connectivity index (χ4n) is 2.71. The van der Waals surface area contributed by atoms with Crippen molar-refractivity contribution in [3.05, 3.63) is 84.4 Å². The van der Waals surface area contributed by atoms with Crippen molar-refractivity contribution in [1.82, 2.24) is 0 Å². The quantitative estimate of drug-likeness (QED) is 0.411. The van der Waals surface area contributed by atoms with E-state index in [1.165, 1.54) is 5.56 Å². The molecule has 0 amide bonds. The molecule has 0 radical (unpaired) electrons. The van der Waals surface area contributed by atoms with Crippen molar-refractivity contribution in [2.75, 3.05) is 18.5 Å². The van der Waals surface area contributed by atoms with Crippen molar-refractivity contribution < 1.29 is 14.2 Å². The summed E-state index contributed by atoms with van der Waals surface area (Å²) in [6, 6.07) is 26.0. The van der Waals surface area contributed by atoms with Gasteiger partial charge < -0.3 is 19.5 Å². The van der Waals surface area contributed by atoms with Crippen LogP contribution < -0.4 is 19.5 Å². The first-order valence-electron chi connectivity index (χ1n) is 10.1. The van der Waals surface area contributed by atoms with E-state index in [2.05, 4.69) is 31.3 Å². The molecule has 0 heterocycles. The number of rotatable bonds is 11. The average molecular weight is 392 g/mol. The highest BCUT2D eigenvalue weighted by Gasteiger charge is 2.02. The summed E-state index contributed by atoms with van der Waals surface area (Å²) in [7, 11) is 0. The second-order valence-corrected chi connectivity index (χ2v) is 6.87. The highest BCUT2D eigenvalue weighted by Crippen LogP contribution is 2.18. The first-order chi connectivity index (χ1) is 14.2. The van der Waals surface area contributed by atoms with E-state index in [0.29, 0.717) is 13.2 Å². The molecule has 0 bridgehead atoms. The van der Waals surface area contributed by atoms with Gasteiger partial charge in [0.2, 0.25) is 0 Å². The molecule has 0 aliphatic carbocycles. The average Bonchev–Trinajstić information content (AvgIpc) is 2.77. The van der Waals surface area contributed by atoms with Gasteiger partial charge in [-0.25, -0.2) is 0 Å². The van der Waals surface area contributed by atoms with Crippen LogP contribution in [0.15, 0.2) is 78.9 Å². The molecule has 0 aromatic heterocycles. The Kier molecular flexibility index (Phi) is 7.81. The molecular formula is C25H29NO3. The molecule has 152 valence electrons. The van der Waals surface area contributed by atoms with Crippen LogP contribution in [0.25, 0.3) is 0 Å². The highest BCUT2D eigenvalue weighted by atomic mass is 16.5. The third-order valence-electron chi connectivity index (χ3n) is 4.55. The Labute approximate surface area is 173 Å². The van der Waals surface area contributed by atoms with Crippen molar-refractivity contribution in [3.63, 3.8) is 0 Å². The zero-order valence-electron chi connectivity index (χ0n) is 17.1. The van der Waals surface area contributed by atoms with E-state index in [4.69, 9.17) is 14.2 Å². The van der Waals surface area contributed by atoms with Crippen LogP contribution >= 0.6 is 0 Å². The minimum Gasteiger partial charge on any atom is -0.491 e. The molecule has 3 aromatic carbocycles. The Morgan fingerprint density at radius 3 is 1.93 bits per heavy atom. The van der Waals surface area contributed by atoms with Gasteiger partial charge in [0.25, 0.3) is 0 Å². The molecule has 0 fully saturated rings. The first kappa shape index (κ1) is 20.6. The third kappa shape index (κ3) is 7.07. The number of benzene rings is 3. The van der Waals surface area contributed by atoms with Crippen molar-refractivity contribution >= 4 is 5.69 Å². The van der Waals surface area contributed by atoms with Crippen LogP contribution in [0.5, 0.6) is 17.2 Å². The van der Waals surface area contributed by atoms with Gasteiger partial charge in [0.1, 0.15) is 30.5 Å². The molecule has 1 unspecified atom stereocenters. The molecule has 0 saturated carbocycles. The second-order valence-electron chi connectivity index (χ2n) is 6.87. The Bertz CT molecular complexity index is 832. The Balaban J connectivity index is 1.38. The number of ether oxygens (including phenoxy) is 3. The summed E-state index contributed by atoms with van der Waals surface area (Å²) in [5.41, 5.74) is 2.26. The van der Waals surface area contributed by atoms with Crippen LogP contribution in [0.4, 0.5) is 5.69 Å². The summed E-state index contributed by atoms with van der Waals surface area (Å²) < 4.78 is 17.2. The first-order valence-corrected chi connectivity index (χ1v) is 10.1. The SMILES string of the molecule is CCC(C)Oc1ccc(CNc2ccc(OCCOc3ccccc3)cc2)cc1. The standard InChI is InChI=1S/C25H29NO3/c1-3-20(2)29-25-13-9-21(10-14-25)19-26-22-11-15-24(16-12-22)28-18-17-27-23-7-5-4-6-8-23/h4-16,20,26H,3,17-19H2,1-2H3. The summed E-state index contributed by atoms with van der Waals surface area (Å²) >= 11 is 0. The lowest BCUT2D eigenvalue weighted by molar-refractivity contribution is 0.217. The van der Waals surface area contributed by atoms with Crippen LogP contribution in [0.3, 0.4) is 0 Å². The maximum absolute atomic E-state index is 5.82. The lowest BCUT2D eigenvalue weighted by Crippen LogP contribution is -2.09. The molecule has 3 rings (SSSR count). The molecule has 4 nitrogen and oxygen atoms in total. The smallest absolute Gasteiger partial charge is 0.122 e. The topological polar surface area (TPSA) is 39.7 Å². The van der Waals surface area contributed by atoms with E-state index in [0.717, 1.165) is 35.9 Å². The van der Waals surface area contributed by atoms with Crippen molar-refractivity contribution in [2.24, 2.45) is 0 Å². The summed E-state index contributed by atoms with van der Waals surface area (Å²) in [6.07, 6.45) is 1.24. The van der Waals surface area contributed by atoms with Crippen molar-refractivity contribution in [2.45, 2.75) is 32.9 Å². The van der Waals surface area contributed by atoms with Crippen LogP contribution in [0.2, 0.25) is 0 Å². The van der Waals surface area contributed by atoms with Gasteiger partial charge >= 0.3 is 0 Å². The van der Waals surface area contributed by atoms with Gasteiger partial charge in [-0.15, -0.1) is 0 Å². The molecule has 3 aromatic rings. The number of hydrogen-bond donors (Lipinski definition) is 1. The minimum absolute atomic E-state index is 0.240. The second kappa shape index (κ2) is 11.0. The maximum Gasteiger partial charge on any atom is 0.122 e. The molecule has 4 heteroatoms. The van der Waals surface area contributed by atoms with E-state index < -0.39 is 0 Å². The molecule has 0 aliphatic rings. The van der Waals surface area contributed by atoms with Crippen LogP contribution in [-0.4, -0.2) is 19.3 Å². The molecular weight excluding hydrogens is 362 g/mol. The number of anilines is 1. The van der Waals surface area contributed by atoms with Gasteiger partial charge in [0.05, 0.1) is 6.10 Å². The number of para-hydroxylation sites is 1. The lowest BCUT2D eigenvalue weighted by atomic mass is 10.2. The van der Waals surface area contributed by atoms with Gasteiger partial charge in [-0.1, -0.05) is 37.3 Å². The van der Waals surface area contributed by atoms with Gasteiger partial charge in [0.15, 0.2) is 0 Å². The molecule has 0 saturated heterocycles. The summed E-state index contributed by atoms with van der Waals surface area (Å²) in [5.74, 6) is 2.61. The Morgan fingerprint density at radius 2 is 1.31 bits per heavy atom. The summed E-state index contributed by atoms with van der Waals surface area (Å²) in [4.78, 5) is 0. The summed E-state index contributed by atoms with van der Waals surface area (Å²) in [6.45, 7) is 5.99. The summed E-state index contributed by atoms with van der Waals surface area (Å²) in [5, 5.41) is 3.43. The third-order valence-corrected chi connectivity index (χ3v) is 4.55. The van der Waals surface area contributed by atoms with E-state index in [9.17, 15) is 0 Å².